The second-order valence-corrected chi connectivity index (χ2v) is 7.57. The Morgan fingerprint density at radius 2 is 1.83 bits per heavy atom. The molecule has 0 aliphatic rings. The van der Waals surface area contributed by atoms with Crippen LogP contribution in [0.5, 0.6) is 5.75 Å². The van der Waals surface area contributed by atoms with E-state index in [2.05, 4.69) is 15.9 Å². The van der Waals surface area contributed by atoms with Gasteiger partial charge in [0, 0.05) is 21.6 Å². The Bertz CT molecular complexity index is 991. The van der Waals surface area contributed by atoms with Crippen LogP contribution in [0.3, 0.4) is 0 Å². The highest BCUT2D eigenvalue weighted by molar-refractivity contribution is 9.10. The SMILES string of the molecule is COc1ccc(S(=O)(=O)n2cc(C=O)c3cc(Br)ccc32)cc1. The van der Waals surface area contributed by atoms with Crippen LogP contribution in [0, 0.1) is 0 Å². The standard InChI is InChI=1S/C16H12BrNO4S/c1-22-13-3-5-14(6-4-13)23(20,21)18-9-11(10-19)15-8-12(17)2-7-16(15)18/h2-10H,1H3. The van der Waals surface area contributed by atoms with E-state index in [9.17, 15) is 13.2 Å². The third kappa shape index (κ3) is 2.66. The number of halogens is 1. The largest absolute Gasteiger partial charge is 0.497 e. The van der Waals surface area contributed by atoms with E-state index in [-0.39, 0.29) is 4.90 Å². The van der Waals surface area contributed by atoms with Gasteiger partial charge in [0.25, 0.3) is 10.0 Å². The minimum absolute atomic E-state index is 0.121. The van der Waals surface area contributed by atoms with Crippen molar-refractivity contribution in [1.82, 2.24) is 3.97 Å². The van der Waals surface area contributed by atoms with Gasteiger partial charge in [-0.3, -0.25) is 4.79 Å². The van der Waals surface area contributed by atoms with Crippen LogP contribution in [0.1, 0.15) is 10.4 Å². The van der Waals surface area contributed by atoms with Gasteiger partial charge >= 0.3 is 0 Å². The number of nitrogens with zero attached hydrogens (tertiary/aromatic N) is 1. The number of benzene rings is 2. The average molecular weight is 394 g/mol. The molecule has 7 heteroatoms. The van der Waals surface area contributed by atoms with E-state index < -0.39 is 10.0 Å². The molecule has 0 atom stereocenters. The Labute approximate surface area is 141 Å². The van der Waals surface area contributed by atoms with Crippen LogP contribution in [-0.4, -0.2) is 25.8 Å². The van der Waals surface area contributed by atoms with Crippen LogP contribution in [0.25, 0.3) is 10.9 Å². The molecule has 1 heterocycles. The molecule has 23 heavy (non-hydrogen) atoms. The monoisotopic (exact) mass is 393 g/mol. The second-order valence-electron chi connectivity index (χ2n) is 4.84. The molecule has 3 rings (SSSR count). The predicted octanol–water partition coefficient (Wildman–Crippen LogP) is 3.46. The molecule has 0 saturated heterocycles. The Morgan fingerprint density at radius 1 is 1.13 bits per heavy atom. The molecule has 5 nitrogen and oxygen atoms in total. The molecule has 0 bridgehead atoms. The maximum atomic E-state index is 12.9. The lowest BCUT2D eigenvalue weighted by Gasteiger charge is -2.08. The molecule has 2 aromatic carbocycles. The second kappa shape index (κ2) is 5.82. The zero-order valence-corrected chi connectivity index (χ0v) is 14.5. The summed E-state index contributed by atoms with van der Waals surface area (Å²) in [6.45, 7) is 0. The summed E-state index contributed by atoms with van der Waals surface area (Å²) < 4.78 is 32.6. The number of fused-ring (bicyclic) bond motifs is 1. The Balaban J connectivity index is 2.23. The van der Waals surface area contributed by atoms with Crippen LogP contribution in [0.2, 0.25) is 0 Å². The smallest absolute Gasteiger partial charge is 0.268 e. The van der Waals surface area contributed by atoms with Gasteiger partial charge in [-0.15, -0.1) is 0 Å². The Kier molecular flexibility index (Phi) is 3.99. The predicted molar refractivity (Wildman–Crippen MR) is 90.6 cm³/mol. The van der Waals surface area contributed by atoms with Gasteiger partial charge in [-0.1, -0.05) is 15.9 Å². The summed E-state index contributed by atoms with van der Waals surface area (Å²) in [4.78, 5) is 11.4. The molecule has 0 aliphatic carbocycles. The molecule has 0 saturated carbocycles. The quantitative estimate of drug-likeness (QED) is 0.636. The summed E-state index contributed by atoms with van der Waals surface area (Å²) in [5, 5.41) is 0.575. The highest BCUT2D eigenvalue weighted by atomic mass is 79.9. The molecule has 0 unspecified atom stereocenters. The number of methoxy groups -OCH3 is 1. The van der Waals surface area contributed by atoms with Crippen LogP contribution in [0.4, 0.5) is 0 Å². The van der Waals surface area contributed by atoms with Crippen LogP contribution < -0.4 is 4.74 Å². The number of hydrogen-bond donors (Lipinski definition) is 0. The van der Waals surface area contributed by atoms with Crippen molar-refractivity contribution in [3.63, 3.8) is 0 Å². The van der Waals surface area contributed by atoms with E-state index in [4.69, 9.17) is 4.74 Å². The number of carbonyl (C=O) groups excluding carboxylic acids is 1. The number of carbonyl (C=O) groups is 1. The summed E-state index contributed by atoms with van der Waals surface area (Å²) in [7, 11) is -2.29. The summed E-state index contributed by atoms with van der Waals surface area (Å²) in [6.07, 6.45) is 1.98. The third-order valence-corrected chi connectivity index (χ3v) is 5.69. The topological polar surface area (TPSA) is 65.4 Å². The van der Waals surface area contributed by atoms with E-state index in [1.165, 1.54) is 25.4 Å². The van der Waals surface area contributed by atoms with Crippen molar-refractivity contribution in [2.24, 2.45) is 0 Å². The van der Waals surface area contributed by atoms with Crippen molar-refractivity contribution in [1.29, 1.82) is 0 Å². The van der Waals surface area contributed by atoms with Gasteiger partial charge in [0.2, 0.25) is 0 Å². The summed E-state index contributed by atoms with van der Waals surface area (Å²) >= 11 is 3.33. The first-order chi connectivity index (χ1) is 11.0. The van der Waals surface area contributed by atoms with Crippen LogP contribution >= 0.6 is 15.9 Å². The molecular weight excluding hydrogens is 382 g/mol. The molecule has 1 aromatic heterocycles. The van der Waals surface area contributed by atoms with Gasteiger partial charge in [-0.25, -0.2) is 12.4 Å². The Morgan fingerprint density at radius 3 is 2.43 bits per heavy atom. The maximum Gasteiger partial charge on any atom is 0.268 e. The summed E-state index contributed by atoms with van der Waals surface area (Å²) in [6, 6.07) is 11.2. The zero-order chi connectivity index (χ0) is 16.6. The number of aldehydes is 1. The van der Waals surface area contributed by atoms with Gasteiger partial charge < -0.3 is 4.74 Å². The lowest BCUT2D eigenvalue weighted by molar-refractivity contribution is 0.112. The first-order valence-electron chi connectivity index (χ1n) is 6.63. The fourth-order valence-corrected chi connectivity index (χ4v) is 4.09. The van der Waals surface area contributed by atoms with E-state index in [1.807, 2.05) is 0 Å². The van der Waals surface area contributed by atoms with Gasteiger partial charge in [-0.05, 0) is 42.5 Å². The lowest BCUT2D eigenvalue weighted by Crippen LogP contribution is -2.11. The molecule has 0 aliphatic heterocycles. The minimum atomic E-state index is -3.81. The maximum absolute atomic E-state index is 12.9. The summed E-state index contributed by atoms with van der Waals surface area (Å²) in [5.74, 6) is 0.568. The third-order valence-electron chi connectivity index (χ3n) is 3.51. The normalized spacial score (nSPS) is 11.6. The first kappa shape index (κ1) is 15.8. The molecule has 0 N–H and O–H groups in total. The number of aromatic nitrogens is 1. The van der Waals surface area contributed by atoms with Crippen LogP contribution in [0.15, 0.2) is 58.0 Å². The van der Waals surface area contributed by atoms with Gasteiger partial charge in [0.1, 0.15) is 5.75 Å². The lowest BCUT2D eigenvalue weighted by atomic mass is 10.2. The Hall–Kier alpha value is -2.12. The fourth-order valence-electron chi connectivity index (χ4n) is 2.35. The fraction of sp³-hybridized carbons (Fsp3) is 0.0625. The molecule has 118 valence electrons. The average Bonchev–Trinajstić information content (AvgIpc) is 2.93. The highest BCUT2D eigenvalue weighted by Crippen LogP contribution is 2.28. The molecule has 0 radical (unpaired) electrons. The van der Waals surface area contributed by atoms with Crippen molar-refractivity contribution < 1.29 is 17.9 Å². The van der Waals surface area contributed by atoms with E-state index in [0.29, 0.717) is 28.5 Å². The summed E-state index contributed by atoms with van der Waals surface area (Å²) in [5.41, 5.74) is 0.768. The van der Waals surface area contributed by atoms with Crippen molar-refractivity contribution >= 4 is 43.1 Å². The molecule has 0 amide bonds. The van der Waals surface area contributed by atoms with Crippen LogP contribution in [-0.2, 0) is 10.0 Å². The van der Waals surface area contributed by atoms with Crippen molar-refractivity contribution in [2.45, 2.75) is 4.90 Å². The van der Waals surface area contributed by atoms with E-state index >= 15 is 0 Å². The van der Waals surface area contributed by atoms with Crippen molar-refractivity contribution in [3.8, 4) is 5.75 Å². The van der Waals surface area contributed by atoms with Crippen molar-refractivity contribution in [2.75, 3.05) is 7.11 Å². The van der Waals surface area contributed by atoms with Gasteiger partial charge in [0.15, 0.2) is 6.29 Å². The number of hydrogen-bond acceptors (Lipinski definition) is 4. The number of ether oxygens (including phenoxy) is 1. The van der Waals surface area contributed by atoms with E-state index in [0.717, 1.165) is 8.45 Å². The minimum Gasteiger partial charge on any atom is -0.497 e. The van der Waals surface area contributed by atoms with E-state index in [1.54, 1.807) is 30.3 Å². The molecule has 0 spiro atoms. The van der Waals surface area contributed by atoms with Crippen molar-refractivity contribution in [3.05, 3.63) is 58.7 Å². The van der Waals surface area contributed by atoms with Gasteiger partial charge in [0.05, 0.1) is 17.5 Å². The van der Waals surface area contributed by atoms with Gasteiger partial charge in [-0.2, -0.15) is 0 Å². The molecule has 3 aromatic rings. The number of rotatable bonds is 4. The molecule has 0 fully saturated rings. The molecular formula is C16H12BrNO4S. The zero-order valence-electron chi connectivity index (χ0n) is 12.1. The highest BCUT2D eigenvalue weighted by Gasteiger charge is 2.21. The first-order valence-corrected chi connectivity index (χ1v) is 8.86.